The molecular formula is C16H29NO3. The molecule has 0 aromatic carbocycles. The van der Waals surface area contributed by atoms with Crippen LogP contribution in [0.4, 0.5) is 4.79 Å². The van der Waals surface area contributed by atoms with E-state index in [-0.39, 0.29) is 12.0 Å². The molecule has 1 amide bonds. The van der Waals surface area contributed by atoms with Crippen molar-refractivity contribution >= 4 is 11.9 Å². The quantitative estimate of drug-likeness (QED) is 0.791. The molecule has 0 radical (unpaired) electrons. The summed E-state index contributed by atoms with van der Waals surface area (Å²) in [5.74, 6) is 0.861. The van der Waals surface area contributed by atoms with Gasteiger partial charge in [-0.25, -0.2) is 4.79 Å². The van der Waals surface area contributed by atoms with E-state index in [2.05, 4.69) is 13.8 Å². The monoisotopic (exact) mass is 283 g/mol. The molecule has 1 aliphatic heterocycles. The molecule has 0 saturated carbocycles. The third-order valence-corrected chi connectivity index (χ3v) is 3.95. The summed E-state index contributed by atoms with van der Waals surface area (Å²) in [6.45, 7) is 10.9. The first-order chi connectivity index (χ1) is 9.26. The first kappa shape index (κ1) is 17.0. The van der Waals surface area contributed by atoms with Crippen LogP contribution in [0.2, 0.25) is 0 Å². The largest absolute Gasteiger partial charge is 0.444 e. The van der Waals surface area contributed by atoms with E-state index < -0.39 is 5.60 Å². The van der Waals surface area contributed by atoms with Gasteiger partial charge in [0.2, 0.25) is 0 Å². The van der Waals surface area contributed by atoms with Gasteiger partial charge in [0, 0.05) is 25.4 Å². The van der Waals surface area contributed by atoms with Gasteiger partial charge in [0.05, 0.1) is 0 Å². The number of hydrogen-bond donors (Lipinski definition) is 0. The zero-order chi connectivity index (χ0) is 15.3. The highest BCUT2D eigenvalue weighted by atomic mass is 16.6. The van der Waals surface area contributed by atoms with Crippen molar-refractivity contribution in [3.8, 4) is 0 Å². The maximum absolute atomic E-state index is 12.1. The Morgan fingerprint density at radius 1 is 1.35 bits per heavy atom. The van der Waals surface area contributed by atoms with Crippen LogP contribution in [-0.2, 0) is 9.53 Å². The van der Waals surface area contributed by atoms with Crippen LogP contribution in [0.1, 0.15) is 60.3 Å². The topological polar surface area (TPSA) is 46.6 Å². The maximum atomic E-state index is 12.1. The van der Waals surface area contributed by atoms with E-state index >= 15 is 0 Å². The molecule has 0 bridgehead atoms. The Kier molecular flexibility index (Phi) is 6.03. The lowest BCUT2D eigenvalue weighted by molar-refractivity contribution is -0.126. The number of ether oxygens (including phenoxy) is 1. The number of nitrogens with zero attached hydrogens (tertiary/aromatic N) is 1. The normalized spacial score (nSPS) is 20.4. The van der Waals surface area contributed by atoms with Crippen molar-refractivity contribution in [1.82, 2.24) is 4.90 Å². The van der Waals surface area contributed by atoms with E-state index in [0.29, 0.717) is 31.2 Å². The Bertz CT molecular complexity index is 342. The molecule has 0 spiro atoms. The molecule has 1 atom stereocenters. The van der Waals surface area contributed by atoms with Crippen LogP contribution in [0.15, 0.2) is 0 Å². The standard InChI is InChI=1S/C16H29NO3/c1-6-12(7-2)10-13-11-17(9-8-14(13)18)15(19)20-16(3,4)5/h12-13H,6-11H2,1-5H3. The second kappa shape index (κ2) is 7.09. The number of hydrogen-bond acceptors (Lipinski definition) is 3. The van der Waals surface area contributed by atoms with Gasteiger partial charge in [-0.1, -0.05) is 26.7 Å². The van der Waals surface area contributed by atoms with Crippen molar-refractivity contribution < 1.29 is 14.3 Å². The number of piperidine rings is 1. The molecule has 0 N–H and O–H groups in total. The van der Waals surface area contributed by atoms with Crippen LogP contribution in [0.5, 0.6) is 0 Å². The first-order valence-electron chi connectivity index (χ1n) is 7.77. The minimum atomic E-state index is -0.483. The minimum Gasteiger partial charge on any atom is -0.444 e. The van der Waals surface area contributed by atoms with Gasteiger partial charge < -0.3 is 9.64 Å². The van der Waals surface area contributed by atoms with E-state index in [1.54, 1.807) is 4.90 Å². The number of rotatable bonds is 4. The molecule has 1 rings (SSSR count). The van der Waals surface area contributed by atoms with Crippen LogP contribution >= 0.6 is 0 Å². The zero-order valence-corrected chi connectivity index (χ0v) is 13.6. The fourth-order valence-corrected chi connectivity index (χ4v) is 2.63. The Balaban J connectivity index is 2.61. The average Bonchev–Trinajstić information content (AvgIpc) is 2.35. The molecule has 1 aliphatic rings. The lowest BCUT2D eigenvalue weighted by Crippen LogP contribution is -2.46. The molecule has 1 unspecified atom stereocenters. The van der Waals surface area contributed by atoms with Crippen LogP contribution < -0.4 is 0 Å². The van der Waals surface area contributed by atoms with Crippen LogP contribution in [-0.4, -0.2) is 35.5 Å². The second-order valence-electron chi connectivity index (χ2n) is 6.76. The van der Waals surface area contributed by atoms with E-state index in [0.717, 1.165) is 19.3 Å². The summed E-state index contributed by atoms with van der Waals surface area (Å²) in [5, 5.41) is 0. The number of likely N-dealkylation sites (tertiary alicyclic amines) is 1. The van der Waals surface area contributed by atoms with Crippen molar-refractivity contribution in [2.75, 3.05) is 13.1 Å². The SMILES string of the molecule is CCC(CC)CC1CN(C(=O)OC(C)(C)C)CCC1=O. The number of Topliss-reactive ketones (excluding diaryl/α,β-unsaturated/α-hetero) is 1. The van der Waals surface area contributed by atoms with Gasteiger partial charge in [0.1, 0.15) is 11.4 Å². The predicted octanol–water partition coefficient (Wildman–Crippen LogP) is 3.64. The summed E-state index contributed by atoms with van der Waals surface area (Å²) in [4.78, 5) is 25.8. The van der Waals surface area contributed by atoms with Crippen LogP contribution in [0, 0.1) is 11.8 Å². The van der Waals surface area contributed by atoms with Gasteiger partial charge in [-0.15, -0.1) is 0 Å². The summed E-state index contributed by atoms with van der Waals surface area (Å²) in [6.07, 6.45) is 3.24. The highest BCUT2D eigenvalue weighted by Gasteiger charge is 2.32. The second-order valence-corrected chi connectivity index (χ2v) is 6.76. The van der Waals surface area contributed by atoms with Crippen molar-refractivity contribution in [2.24, 2.45) is 11.8 Å². The smallest absolute Gasteiger partial charge is 0.410 e. The van der Waals surface area contributed by atoms with Crippen molar-refractivity contribution in [1.29, 1.82) is 0 Å². The highest BCUT2D eigenvalue weighted by molar-refractivity contribution is 5.84. The van der Waals surface area contributed by atoms with Gasteiger partial charge in [0.25, 0.3) is 0 Å². The van der Waals surface area contributed by atoms with Gasteiger partial charge in [-0.05, 0) is 33.1 Å². The molecule has 4 nitrogen and oxygen atoms in total. The summed E-state index contributed by atoms with van der Waals surface area (Å²) in [6, 6.07) is 0. The molecule has 1 heterocycles. The van der Waals surface area contributed by atoms with E-state index in [1.807, 2.05) is 20.8 Å². The Labute approximate surface area is 122 Å². The average molecular weight is 283 g/mol. The lowest BCUT2D eigenvalue weighted by Gasteiger charge is -2.34. The van der Waals surface area contributed by atoms with Crippen molar-refractivity contribution in [2.45, 2.75) is 65.9 Å². The van der Waals surface area contributed by atoms with E-state index in [4.69, 9.17) is 4.74 Å². The molecule has 20 heavy (non-hydrogen) atoms. The summed E-state index contributed by atoms with van der Waals surface area (Å²) in [7, 11) is 0. The lowest BCUT2D eigenvalue weighted by atomic mass is 9.85. The third kappa shape index (κ3) is 5.14. The Morgan fingerprint density at radius 2 is 1.95 bits per heavy atom. The summed E-state index contributed by atoms with van der Waals surface area (Å²) < 4.78 is 5.39. The minimum absolute atomic E-state index is 0.0128. The molecule has 0 aromatic rings. The van der Waals surface area contributed by atoms with Crippen LogP contribution in [0.3, 0.4) is 0 Å². The summed E-state index contributed by atoms with van der Waals surface area (Å²) >= 11 is 0. The number of carbonyl (C=O) groups is 2. The van der Waals surface area contributed by atoms with Crippen molar-refractivity contribution in [3.05, 3.63) is 0 Å². The number of carbonyl (C=O) groups excluding carboxylic acids is 2. The highest BCUT2D eigenvalue weighted by Crippen LogP contribution is 2.25. The van der Waals surface area contributed by atoms with E-state index in [9.17, 15) is 9.59 Å². The van der Waals surface area contributed by atoms with Crippen LogP contribution in [0.25, 0.3) is 0 Å². The number of ketones is 1. The van der Waals surface area contributed by atoms with Gasteiger partial charge in [0.15, 0.2) is 0 Å². The molecule has 1 fully saturated rings. The molecule has 1 saturated heterocycles. The molecular weight excluding hydrogens is 254 g/mol. The maximum Gasteiger partial charge on any atom is 0.410 e. The fraction of sp³-hybridized carbons (Fsp3) is 0.875. The molecule has 116 valence electrons. The molecule has 0 aliphatic carbocycles. The third-order valence-electron chi connectivity index (χ3n) is 3.95. The fourth-order valence-electron chi connectivity index (χ4n) is 2.63. The molecule has 4 heteroatoms. The number of amides is 1. The Hall–Kier alpha value is -1.06. The first-order valence-corrected chi connectivity index (χ1v) is 7.77. The van der Waals surface area contributed by atoms with Gasteiger partial charge >= 0.3 is 6.09 Å². The van der Waals surface area contributed by atoms with Crippen molar-refractivity contribution in [3.63, 3.8) is 0 Å². The summed E-state index contributed by atoms with van der Waals surface area (Å²) in [5.41, 5.74) is -0.483. The zero-order valence-electron chi connectivity index (χ0n) is 13.6. The predicted molar refractivity (Wildman–Crippen MR) is 79.6 cm³/mol. The van der Waals surface area contributed by atoms with Gasteiger partial charge in [-0.3, -0.25) is 4.79 Å². The van der Waals surface area contributed by atoms with E-state index in [1.165, 1.54) is 0 Å². The Morgan fingerprint density at radius 3 is 2.45 bits per heavy atom. The van der Waals surface area contributed by atoms with Gasteiger partial charge in [-0.2, -0.15) is 0 Å². The molecule has 0 aromatic heterocycles.